The zero-order chi connectivity index (χ0) is 12.3. The van der Waals surface area contributed by atoms with Crippen molar-refractivity contribution in [1.82, 2.24) is 4.98 Å². The third-order valence-electron chi connectivity index (χ3n) is 1.62. The minimum Gasteiger partial charge on any atom is -0.462 e. The molecule has 0 atom stereocenters. The number of pyridine rings is 1. The average molecular weight is 254 g/mol. The molecule has 0 radical (unpaired) electrons. The smallest absolute Gasteiger partial charge is 0.434 e. The number of nitrogens with zero attached hydrogens (tertiary/aromatic N) is 1. The van der Waals surface area contributed by atoms with Gasteiger partial charge in [-0.3, -0.25) is 0 Å². The molecular weight excluding hydrogens is 247 g/mol. The molecule has 0 aliphatic carbocycles. The summed E-state index contributed by atoms with van der Waals surface area (Å²) in [5.74, 6) is -1.09. The Morgan fingerprint density at radius 2 is 2.19 bits per heavy atom. The Labute approximate surface area is 94.2 Å². The fourth-order valence-electron chi connectivity index (χ4n) is 1.03. The van der Waals surface area contributed by atoms with Crippen molar-refractivity contribution in [3.05, 3.63) is 28.5 Å². The third-order valence-corrected chi connectivity index (χ3v) is 1.82. The lowest BCUT2D eigenvalue weighted by Crippen LogP contribution is -2.17. The molecular formula is C9H7ClF3NO2. The van der Waals surface area contributed by atoms with Crippen LogP contribution in [0.2, 0.25) is 5.02 Å². The number of esters is 1. The first-order valence-corrected chi connectivity index (χ1v) is 4.64. The van der Waals surface area contributed by atoms with E-state index in [-0.39, 0.29) is 11.6 Å². The highest BCUT2D eigenvalue weighted by atomic mass is 35.5. The minimum atomic E-state index is -4.72. The Bertz CT molecular complexity index is 406. The summed E-state index contributed by atoms with van der Waals surface area (Å²) in [6.07, 6.45) is -3.89. The van der Waals surface area contributed by atoms with E-state index < -0.39 is 23.4 Å². The van der Waals surface area contributed by atoms with Crippen LogP contribution in [0, 0.1) is 0 Å². The SMILES string of the molecule is CCOC(=O)c1cc(Cl)cnc1C(F)(F)F. The van der Waals surface area contributed by atoms with Gasteiger partial charge in [-0.2, -0.15) is 13.2 Å². The van der Waals surface area contributed by atoms with Crippen LogP contribution in [0.15, 0.2) is 12.3 Å². The topological polar surface area (TPSA) is 39.2 Å². The molecule has 0 aromatic carbocycles. The number of aromatic nitrogens is 1. The number of carbonyl (C=O) groups excluding carboxylic acids is 1. The van der Waals surface area contributed by atoms with Crippen molar-refractivity contribution in [2.45, 2.75) is 13.1 Å². The van der Waals surface area contributed by atoms with Crippen LogP contribution in [0.3, 0.4) is 0 Å². The first-order valence-electron chi connectivity index (χ1n) is 4.26. The van der Waals surface area contributed by atoms with Crippen LogP contribution in [-0.2, 0) is 10.9 Å². The van der Waals surface area contributed by atoms with Gasteiger partial charge in [0.1, 0.15) is 0 Å². The highest BCUT2D eigenvalue weighted by molar-refractivity contribution is 6.30. The summed E-state index contributed by atoms with van der Waals surface area (Å²) < 4.78 is 41.9. The Morgan fingerprint density at radius 3 is 2.69 bits per heavy atom. The average Bonchev–Trinajstić information content (AvgIpc) is 2.16. The van der Waals surface area contributed by atoms with Gasteiger partial charge in [0.2, 0.25) is 0 Å². The van der Waals surface area contributed by atoms with Crippen molar-refractivity contribution in [2.24, 2.45) is 0 Å². The highest BCUT2D eigenvalue weighted by Crippen LogP contribution is 2.31. The van der Waals surface area contributed by atoms with Crippen molar-refractivity contribution in [3.8, 4) is 0 Å². The summed E-state index contributed by atoms with van der Waals surface area (Å²) in [5.41, 5.74) is -1.97. The number of rotatable bonds is 2. The van der Waals surface area contributed by atoms with Gasteiger partial charge in [0, 0.05) is 6.20 Å². The first kappa shape index (κ1) is 12.8. The van der Waals surface area contributed by atoms with E-state index in [1.54, 1.807) is 0 Å². The van der Waals surface area contributed by atoms with Gasteiger partial charge >= 0.3 is 12.1 Å². The van der Waals surface area contributed by atoms with E-state index in [4.69, 9.17) is 11.6 Å². The maximum Gasteiger partial charge on any atom is 0.434 e. The molecule has 0 unspecified atom stereocenters. The fraction of sp³-hybridized carbons (Fsp3) is 0.333. The van der Waals surface area contributed by atoms with E-state index in [1.807, 2.05) is 0 Å². The number of hydrogen-bond acceptors (Lipinski definition) is 3. The number of ether oxygens (including phenoxy) is 1. The Morgan fingerprint density at radius 1 is 1.56 bits per heavy atom. The zero-order valence-corrected chi connectivity index (χ0v) is 8.89. The van der Waals surface area contributed by atoms with Gasteiger partial charge in [-0.25, -0.2) is 9.78 Å². The molecule has 0 saturated heterocycles. The van der Waals surface area contributed by atoms with Gasteiger partial charge in [-0.15, -0.1) is 0 Å². The fourth-order valence-corrected chi connectivity index (χ4v) is 1.19. The van der Waals surface area contributed by atoms with Crippen molar-refractivity contribution < 1.29 is 22.7 Å². The van der Waals surface area contributed by atoms with E-state index in [0.717, 1.165) is 12.3 Å². The normalized spacial score (nSPS) is 11.3. The van der Waals surface area contributed by atoms with Crippen LogP contribution >= 0.6 is 11.6 Å². The molecule has 1 aromatic heterocycles. The van der Waals surface area contributed by atoms with E-state index in [2.05, 4.69) is 9.72 Å². The predicted octanol–water partition coefficient (Wildman–Crippen LogP) is 2.93. The van der Waals surface area contributed by atoms with Gasteiger partial charge < -0.3 is 4.74 Å². The second-order valence-corrected chi connectivity index (χ2v) is 3.20. The zero-order valence-electron chi connectivity index (χ0n) is 8.14. The second-order valence-electron chi connectivity index (χ2n) is 2.77. The lowest BCUT2D eigenvalue weighted by Gasteiger charge is -2.10. The summed E-state index contributed by atoms with van der Waals surface area (Å²) in [7, 11) is 0. The largest absolute Gasteiger partial charge is 0.462 e. The minimum absolute atomic E-state index is 0.0252. The number of halogens is 4. The summed E-state index contributed by atoms with van der Waals surface area (Å²) >= 11 is 5.47. The van der Waals surface area contributed by atoms with Crippen LogP contribution < -0.4 is 0 Å². The van der Waals surface area contributed by atoms with Gasteiger partial charge in [0.15, 0.2) is 5.69 Å². The van der Waals surface area contributed by atoms with E-state index in [1.165, 1.54) is 6.92 Å². The molecule has 0 saturated carbocycles. The number of alkyl halides is 3. The Balaban J connectivity index is 3.24. The van der Waals surface area contributed by atoms with E-state index in [9.17, 15) is 18.0 Å². The predicted molar refractivity (Wildman–Crippen MR) is 50.2 cm³/mol. The molecule has 0 aliphatic rings. The van der Waals surface area contributed by atoms with Crippen molar-refractivity contribution in [3.63, 3.8) is 0 Å². The van der Waals surface area contributed by atoms with Crippen molar-refractivity contribution >= 4 is 17.6 Å². The summed E-state index contributed by atoms with van der Waals surface area (Å²) in [6.45, 7) is 1.46. The highest BCUT2D eigenvalue weighted by Gasteiger charge is 2.37. The monoisotopic (exact) mass is 253 g/mol. The van der Waals surface area contributed by atoms with E-state index >= 15 is 0 Å². The standard InChI is InChI=1S/C9H7ClF3NO2/c1-2-16-8(15)6-3-5(10)4-14-7(6)9(11,12)13/h3-4H,2H2,1H3. The molecule has 0 bridgehead atoms. The van der Waals surface area contributed by atoms with E-state index in [0.29, 0.717) is 0 Å². The Hall–Kier alpha value is -1.30. The van der Waals surface area contributed by atoms with Crippen molar-refractivity contribution in [2.75, 3.05) is 6.61 Å². The molecule has 1 aromatic rings. The summed E-state index contributed by atoms with van der Waals surface area (Å²) in [4.78, 5) is 14.3. The van der Waals surface area contributed by atoms with Gasteiger partial charge in [-0.1, -0.05) is 11.6 Å². The summed E-state index contributed by atoms with van der Waals surface area (Å²) in [5, 5.41) is -0.0592. The second kappa shape index (κ2) is 4.69. The molecule has 1 heterocycles. The van der Waals surface area contributed by atoms with Gasteiger partial charge in [-0.05, 0) is 13.0 Å². The maximum atomic E-state index is 12.5. The van der Waals surface area contributed by atoms with Gasteiger partial charge in [0.05, 0.1) is 17.2 Å². The molecule has 0 spiro atoms. The van der Waals surface area contributed by atoms with Crippen LogP contribution in [0.25, 0.3) is 0 Å². The lowest BCUT2D eigenvalue weighted by molar-refractivity contribution is -0.141. The van der Waals surface area contributed by atoms with Crippen LogP contribution in [0.5, 0.6) is 0 Å². The Kier molecular flexibility index (Phi) is 3.74. The molecule has 0 aliphatic heterocycles. The lowest BCUT2D eigenvalue weighted by atomic mass is 10.2. The quantitative estimate of drug-likeness (QED) is 0.761. The molecule has 1 rings (SSSR count). The van der Waals surface area contributed by atoms with Crippen LogP contribution in [0.4, 0.5) is 13.2 Å². The summed E-state index contributed by atoms with van der Waals surface area (Å²) in [6, 6.07) is 0.884. The van der Waals surface area contributed by atoms with Crippen molar-refractivity contribution in [1.29, 1.82) is 0 Å². The molecule has 3 nitrogen and oxygen atoms in total. The third kappa shape index (κ3) is 2.85. The molecule has 0 fully saturated rings. The first-order chi connectivity index (χ1) is 7.36. The van der Waals surface area contributed by atoms with Crippen LogP contribution in [0.1, 0.15) is 23.0 Å². The molecule has 0 N–H and O–H groups in total. The van der Waals surface area contributed by atoms with Crippen LogP contribution in [-0.4, -0.2) is 17.6 Å². The number of hydrogen-bond donors (Lipinski definition) is 0. The molecule has 16 heavy (non-hydrogen) atoms. The number of carbonyl (C=O) groups is 1. The maximum absolute atomic E-state index is 12.5. The van der Waals surface area contributed by atoms with Gasteiger partial charge in [0.25, 0.3) is 0 Å². The molecule has 88 valence electrons. The molecule has 0 amide bonds. The molecule has 7 heteroatoms.